The molecule has 1 aromatic rings. The van der Waals surface area contributed by atoms with Crippen LogP contribution < -0.4 is 0 Å². The van der Waals surface area contributed by atoms with Crippen LogP contribution in [0.5, 0.6) is 0 Å². The van der Waals surface area contributed by atoms with E-state index >= 15 is 0 Å². The first-order valence-electron chi connectivity index (χ1n) is 5.40. The van der Waals surface area contributed by atoms with Crippen LogP contribution in [0.15, 0.2) is 35.5 Å². The Morgan fingerprint density at radius 1 is 1.29 bits per heavy atom. The minimum absolute atomic E-state index is 0.0439. The van der Waals surface area contributed by atoms with Gasteiger partial charge in [0.25, 0.3) is 0 Å². The van der Waals surface area contributed by atoms with Crippen LogP contribution in [0.1, 0.15) is 32.8 Å². The van der Waals surface area contributed by atoms with Crippen molar-refractivity contribution in [3.8, 4) is 0 Å². The van der Waals surface area contributed by atoms with E-state index in [0.717, 1.165) is 0 Å². The minimum atomic E-state index is -0.533. The van der Waals surface area contributed by atoms with Gasteiger partial charge in [0, 0.05) is 0 Å². The molecule has 0 aliphatic heterocycles. The molecule has 0 atom stereocenters. The lowest BCUT2D eigenvalue weighted by atomic mass is 10.1. The van der Waals surface area contributed by atoms with Crippen molar-refractivity contribution < 1.29 is 14.7 Å². The van der Waals surface area contributed by atoms with Crippen LogP contribution in [0.3, 0.4) is 0 Å². The molecule has 4 nitrogen and oxygen atoms in total. The van der Waals surface area contributed by atoms with Crippen LogP contribution in [-0.4, -0.2) is 22.5 Å². The Morgan fingerprint density at radius 2 is 1.88 bits per heavy atom. The van der Waals surface area contributed by atoms with Gasteiger partial charge in [0.2, 0.25) is 0 Å². The Bertz CT molecular complexity index is 404. The first-order chi connectivity index (χ1) is 7.92. The second-order valence-corrected chi connectivity index (χ2v) is 4.68. The highest BCUT2D eigenvalue weighted by molar-refractivity contribution is 6.09. The third-order valence-corrected chi connectivity index (χ3v) is 1.96. The maximum atomic E-state index is 11.6. The van der Waals surface area contributed by atoms with Crippen molar-refractivity contribution in [2.24, 2.45) is 5.16 Å². The normalized spacial score (nSPS) is 12.3. The summed E-state index contributed by atoms with van der Waals surface area (Å²) in [5.74, 6) is -0.408. The smallest absolute Gasteiger partial charge is 0.312 e. The van der Waals surface area contributed by atoms with Gasteiger partial charge in [-0.05, 0) is 26.3 Å². The van der Waals surface area contributed by atoms with Crippen LogP contribution in [0.2, 0.25) is 0 Å². The van der Waals surface area contributed by atoms with Gasteiger partial charge in [-0.1, -0.05) is 35.5 Å². The molecule has 0 aliphatic rings. The van der Waals surface area contributed by atoms with Gasteiger partial charge in [0.05, 0.1) is 12.1 Å². The molecule has 1 aromatic carbocycles. The van der Waals surface area contributed by atoms with E-state index < -0.39 is 11.6 Å². The lowest BCUT2D eigenvalue weighted by Crippen LogP contribution is -2.25. The predicted octanol–water partition coefficient (Wildman–Crippen LogP) is 2.60. The zero-order valence-corrected chi connectivity index (χ0v) is 10.3. The van der Waals surface area contributed by atoms with E-state index in [1.54, 1.807) is 32.9 Å². The fourth-order valence-corrected chi connectivity index (χ4v) is 1.34. The van der Waals surface area contributed by atoms with Crippen molar-refractivity contribution in [1.29, 1.82) is 0 Å². The number of carbonyl (C=O) groups excluding carboxylic acids is 1. The summed E-state index contributed by atoms with van der Waals surface area (Å²) in [5.41, 5.74) is 0.481. The summed E-state index contributed by atoms with van der Waals surface area (Å²) in [6.07, 6.45) is -0.0439. The van der Waals surface area contributed by atoms with Gasteiger partial charge in [-0.25, -0.2) is 0 Å². The van der Waals surface area contributed by atoms with Crippen molar-refractivity contribution in [3.63, 3.8) is 0 Å². The van der Waals surface area contributed by atoms with E-state index in [4.69, 9.17) is 9.94 Å². The molecule has 0 amide bonds. The summed E-state index contributed by atoms with van der Waals surface area (Å²) in [6.45, 7) is 5.38. The number of hydrogen-bond donors (Lipinski definition) is 1. The zero-order valence-electron chi connectivity index (χ0n) is 10.3. The maximum absolute atomic E-state index is 11.6. The molecule has 0 spiro atoms. The summed E-state index contributed by atoms with van der Waals surface area (Å²) in [6, 6.07) is 9.04. The van der Waals surface area contributed by atoms with Crippen molar-refractivity contribution >= 4 is 11.7 Å². The topological polar surface area (TPSA) is 58.9 Å². The van der Waals surface area contributed by atoms with Crippen molar-refractivity contribution in [1.82, 2.24) is 0 Å². The summed E-state index contributed by atoms with van der Waals surface area (Å²) < 4.78 is 5.16. The van der Waals surface area contributed by atoms with E-state index in [-0.39, 0.29) is 6.42 Å². The molecule has 0 aliphatic carbocycles. The first-order valence-corrected chi connectivity index (χ1v) is 5.40. The molecule has 4 heteroatoms. The van der Waals surface area contributed by atoms with Gasteiger partial charge in [-0.15, -0.1) is 0 Å². The molecule has 1 rings (SSSR count). The van der Waals surface area contributed by atoms with Crippen molar-refractivity contribution in [3.05, 3.63) is 35.9 Å². The number of oxime groups is 1. The molecule has 0 heterocycles. The molecule has 0 saturated carbocycles. The van der Waals surface area contributed by atoms with Crippen molar-refractivity contribution in [2.75, 3.05) is 0 Å². The average molecular weight is 235 g/mol. The van der Waals surface area contributed by atoms with Crippen molar-refractivity contribution in [2.45, 2.75) is 32.8 Å². The van der Waals surface area contributed by atoms with Gasteiger partial charge in [-0.2, -0.15) is 0 Å². The van der Waals surface area contributed by atoms with E-state index in [0.29, 0.717) is 11.3 Å². The molecular formula is C13H17NO3. The van der Waals surface area contributed by atoms with Crippen LogP contribution in [0.4, 0.5) is 0 Å². The van der Waals surface area contributed by atoms with Crippen LogP contribution in [-0.2, 0) is 9.53 Å². The number of carbonyl (C=O) groups is 1. The largest absolute Gasteiger partial charge is 0.460 e. The van der Waals surface area contributed by atoms with Gasteiger partial charge in [0.1, 0.15) is 5.60 Å². The van der Waals surface area contributed by atoms with E-state index in [9.17, 15) is 4.79 Å². The molecule has 92 valence electrons. The van der Waals surface area contributed by atoms with Crippen LogP contribution in [0, 0.1) is 0 Å². The highest BCUT2D eigenvalue weighted by atomic mass is 16.6. The number of nitrogens with zero attached hydrogens (tertiary/aromatic N) is 1. The minimum Gasteiger partial charge on any atom is -0.460 e. The molecule has 0 unspecified atom stereocenters. The van der Waals surface area contributed by atoms with Crippen LogP contribution in [0.25, 0.3) is 0 Å². The summed E-state index contributed by atoms with van der Waals surface area (Å²) in [7, 11) is 0. The Morgan fingerprint density at radius 3 is 2.35 bits per heavy atom. The van der Waals surface area contributed by atoms with E-state index in [1.807, 2.05) is 18.2 Å². The van der Waals surface area contributed by atoms with Gasteiger partial charge in [0.15, 0.2) is 0 Å². The number of hydrogen-bond acceptors (Lipinski definition) is 4. The van der Waals surface area contributed by atoms with Gasteiger partial charge >= 0.3 is 5.97 Å². The molecule has 17 heavy (non-hydrogen) atoms. The fraction of sp³-hybridized carbons (Fsp3) is 0.385. The zero-order chi connectivity index (χ0) is 12.9. The number of rotatable bonds is 3. The summed E-state index contributed by atoms with van der Waals surface area (Å²) >= 11 is 0. The molecule has 0 fully saturated rings. The van der Waals surface area contributed by atoms with E-state index in [1.165, 1.54) is 0 Å². The Labute approximate surface area is 101 Å². The molecule has 0 radical (unpaired) electrons. The lowest BCUT2D eigenvalue weighted by Gasteiger charge is -2.19. The maximum Gasteiger partial charge on any atom is 0.312 e. The van der Waals surface area contributed by atoms with Gasteiger partial charge in [-0.3, -0.25) is 4.79 Å². The Balaban J connectivity index is 2.70. The quantitative estimate of drug-likeness (QED) is 0.379. The third-order valence-electron chi connectivity index (χ3n) is 1.96. The number of benzene rings is 1. The lowest BCUT2D eigenvalue weighted by molar-refractivity contribution is -0.153. The highest BCUT2D eigenvalue weighted by Crippen LogP contribution is 2.11. The second-order valence-electron chi connectivity index (χ2n) is 4.68. The number of ether oxygens (including phenoxy) is 1. The van der Waals surface area contributed by atoms with E-state index in [2.05, 4.69) is 5.16 Å². The summed E-state index contributed by atoms with van der Waals surface area (Å²) in [4.78, 5) is 11.6. The summed E-state index contributed by atoms with van der Waals surface area (Å²) in [5, 5.41) is 12.1. The Kier molecular flexibility index (Phi) is 4.26. The molecule has 0 bridgehead atoms. The predicted molar refractivity (Wildman–Crippen MR) is 65.2 cm³/mol. The second kappa shape index (κ2) is 5.48. The standard InChI is InChI=1S/C13H17NO3/c1-13(2,3)17-12(15)9-11(14-16)10-7-5-4-6-8-10/h4-8,16H,9H2,1-3H3/b14-11-. The molecule has 0 saturated heterocycles. The average Bonchev–Trinajstić information content (AvgIpc) is 2.24. The monoisotopic (exact) mass is 235 g/mol. The Hall–Kier alpha value is -1.84. The molecular weight excluding hydrogens is 218 g/mol. The van der Waals surface area contributed by atoms with Crippen LogP contribution >= 0.6 is 0 Å². The fourth-order valence-electron chi connectivity index (χ4n) is 1.34. The van der Waals surface area contributed by atoms with Gasteiger partial charge < -0.3 is 9.94 Å². The SMILES string of the molecule is CC(C)(C)OC(=O)C/C(=N/O)c1ccccc1. The third kappa shape index (κ3) is 4.68. The molecule has 1 N–H and O–H groups in total. The highest BCUT2D eigenvalue weighted by Gasteiger charge is 2.18. The first kappa shape index (κ1) is 13.2. The number of esters is 1. The molecule has 0 aromatic heterocycles.